The molecular formula is C12H14N4O. The number of nitrogens with zero attached hydrogens (tertiary/aromatic N) is 3. The van der Waals surface area contributed by atoms with Gasteiger partial charge in [0, 0.05) is 18.8 Å². The molecular weight excluding hydrogens is 216 g/mol. The first-order valence-corrected chi connectivity index (χ1v) is 5.51. The molecule has 0 saturated heterocycles. The number of aromatic nitrogens is 3. The summed E-state index contributed by atoms with van der Waals surface area (Å²) in [6, 6.07) is 8.78. The molecule has 2 N–H and O–H groups in total. The molecule has 0 bridgehead atoms. The van der Waals surface area contributed by atoms with Gasteiger partial charge in [-0.15, -0.1) is 0 Å². The molecule has 0 atom stereocenters. The minimum Gasteiger partial charge on any atom is -0.330 e. The number of pyridine rings is 1. The van der Waals surface area contributed by atoms with Crippen molar-refractivity contribution in [3.63, 3.8) is 0 Å². The first-order valence-electron chi connectivity index (χ1n) is 5.51. The van der Waals surface area contributed by atoms with E-state index in [0.717, 1.165) is 12.1 Å². The van der Waals surface area contributed by atoms with Crippen LogP contribution in [-0.2, 0) is 6.54 Å². The Labute approximate surface area is 98.9 Å². The van der Waals surface area contributed by atoms with Crippen LogP contribution >= 0.6 is 0 Å². The third-order valence-corrected chi connectivity index (χ3v) is 2.37. The van der Waals surface area contributed by atoms with Gasteiger partial charge < -0.3 is 5.73 Å². The Morgan fingerprint density at radius 2 is 2.06 bits per heavy atom. The number of aryl methyl sites for hydroxylation is 1. The van der Waals surface area contributed by atoms with Crippen molar-refractivity contribution in [3.8, 4) is 11.4 Å². The third kappa shape index (κ3) is 2.76. The summed E-state index contributed by atoms with van der Waals surface area (Å²) in [5.41, 5.74) is 6.76. The van der Waals surface area contributed by atoms with E-state index in [4.69, 9.17) is 5.73 Å². The van der Waals surface area contributed by atoms with E-state index in [1.807, 2.05) is 18.2 Å². The molecule has 5 nitrogen and oxygen atoms in total. The van der Waals surface area contributed by atoms with Crippen LogP contribution in [0.3, 0.4) is 0 Å². The van der Waals surface area contributed by atoms with Gasteiger partial charge in [0.2, 0.25) is 0 Å². The highest BCUT2D eigenvalue weighted by Crippen LogP contribution is 2.10. The van der Waals surface area contributed by atoms with Crippen molar-refractivity contribution in [2.75, 3.05) is 6.54 Å². The van der Waals surface area contributed by atoms with Crippen LogP contribution < -0.4 is 11.3 Å². The predicted molar refractivity (Wildman–Crippen MR) is 65.4 cm³/mol. The molecule has 0 aliphatic carbocycles. The van der Waals surface area contributed by atoms with Crippen LogP contribution in [0.15, 0.2) is 41.3 Å². The SMILES string of the molecule is NCCCn1nc(-c2ccccn2)ccc1=O. The largest absolute Gasteiger partial charge is 0.330 e. The average Bonchev–Trinajstić information content (AvgIpc) is 2.39. The van der Waals surface area contributed by atoms with Crippen LogP contribution in [-0.4, -0.2) is 21.3 Å². The zero-order valence-corrected chi connectivity index (χ0v) is 9.41. The van der Waals surface area contributed by atoms with Gasteiger partial charge in [-0.2, -0.15) is 5.10 Å². The van der Waals surface area contributed by atoms with Gasteiger partial charge >= 0.3 is 0 Å². The Morgan fingerprint density at radius 1 is 1.18 bits per heavy atom. The smallest absolute Gasteiger partial charge is 0.266 e. The van der Waals surface area contributed by atoms with Crippen molar-refractivity contribution < 1.29 is 0 Å². The zero-order chi connectivity index (χ0) is 12.1. The Bertz CT molecular complexity index is 536. The monoisotopic (exact) mass is 230 g/mol. The maximum atomic E-state index is 11.5. The number of hydrogen-bond donors (Lipinski definition) is 1. The summed E-state index contributed by atoms with van der Waals surface area (Å²) < 4.78 is 1.43. The fraction of sp³-hybridized carbons (Fsp3) is 0.250. The highest BCUT2D eigenvalue weighted by molar-refractivity contribution is 5.52. The normalized spacial score (nSPS) is 10.4. The molecule has 17 heavy (non-hydrogen) atoms. The molecule has 0 spiro atoms. The van der Waals surface area contributed by atoms with Crippen LogP contribution in [0.5, 0.6) is 0 Å². The highest BCUT2D eigenvalue weighted by Gasteiger charge is 2.03. The summed E-state index contributed by atoms with van der Waals surface area (Å²) in [6.07, 6.45) is 2.44. The van der Waals surface area contributed by atoms with E-state index in [2.05, 4.69) is 10.1 Å². The van der Waals surface area contributed by atoms with E-state index >= 15 is 0 Å². The molecule has 0 radical (unpaired) electrons. The summed E-state index contributed by atoms with van der Waals surface area (Å²) >= 11 is 0. The van der Waals surface area contributed by atoms with Crippen molar-refractivity contribution in [2.45, 2.75) is 13.0 Å². The molecule has 2 aromatic rings. The molecule has 88 valence electrons. The predicted octanol–water partition coefficient (Wildman–Crippen LogP) is 0.654. The number of rotatable bonds is 4. The first kappa shape index (κ1) is 11.5. The molecule has 0 saturated carbocycles. The van der Waals surface area contributed by atoms with Gasteiger partial charge in [0.15, 0.2) is 0 Å². The van der Waals surface area contributed by atoms with Crippen LogP contribution in [0.4, 0.5) is 0 Å². The Balaban J connectivity index is 2.34. The molecule has 0 aliphatic heterocycles. The van der Waals surface area contributed by atoms with Crippen molar-refractivity contribution in [2.24, 2.45) is 5.73 Å². The summed E-state index contributed by atoms with van der Waals surface area (Å²) in [6.45, 7) is 1.08. The highest BCUT2D eigenvalue weighted by atomic mass is 16.1. The van der Waals surface area contributed by atoms with E-state index in [1.54, 1.807) is 12.3 Å². The fourth-order valence-corrected chi connectivity index (χ4v) is 1.50. The molecule has 0 amide bonds. The minimum atomic E-state index is -0.113. The second-order valence-corrected chi connectivity index (χ2v) is 3.64. The van der Waals surface area contributed by atoms with Gasteiger partial charge in [0.25, 0.3) is 5.56 Å². The van der Waals surface area contributed by atoms with Crippen molar-refractivity contribution >= 4 is 0 Å². The lowest BCUT2D eigenvalue weighted by Gasteiger charge is -2.05. The van der Waals surface area contributed by atoms with Gasteiger partial charge in [-0.05, 0) is 31.2 Å². The average molecular weight is 230 g/mol. The molecule has 0 fully saturated rings. The second-order valence-electron chi connectivity index (χ2n) is 3.64. The van der Waals surface area contributed by atoms with E-state index < -0.39 is 0 Å². The van der Waals surface area contributed by atoms with Crippen molar-refractivity contribution in [3.05, 3.63) is 46.9 Å². The summed E-state index contributed by atoms with van der Waals surface area (Å²) in [7, 11) is 0. The molecule has 0 aromatic carbocycles. The van der Waals surface area contributed by atoms with E-state index in [0.29, 0.717) is 18.8 Å². The number of hydrogen-bond acceptors (Lipinski definition) is 4. The van der Waals surface area contributed by atoms with Crippen molar-refractivity contribution in [1.82, 2.24) is 14.8 Å². The Hall–Kier alpha value is -2.01. The van der Waals surface area contributed by atoms with Gasteiger partial charge in [-0.1, -0.05) is 6.07 Å². The standard InChI is InChI=1S/C12H14N4O/c13-7-3-9-16-12(17)6-5-11(15-16)10-4-1-2-8-14-10/h1-2,4-6,8H,3,7,9,13H2. The lowest BCUT2D eigenvalue weighted by Crippen LogP contribution is -2.23. The van der Waals surface area contributed by atoms with E-state index in [-0.39, 0.29) is 5.56 Å². The molecule has 5 heteroatoms. The molecule has 2 rings (SSSR count). The van der Waals surface area contributed by atoms with Gasteiger partial charge in [-0.25, -0.2) is 4.68 Å². The molecule has 0 aliphatic rings. The van der Waals surface area contributed by atoms with Crippen LogP contribution in [0.25, 0.3) is 11.4 Å². The topological polar surface area (TPSA) is 73.8 Å². The zero-order valence-electron chi connectivity index (χ0n) is 9.41. The van der Waals surface area contributed by atoms with E-state index in [1.165, 1.54) is 10.7 Å². The first-order chi connectivity index (χ1) is 8.31. The van der Waals surface area contributed by atoms with Gasteiger partial charge in [0.05, 0.1) is 5.69 Å². The van der Waals surface area contributed by atoms with Crippen LogP contribution in [0.2, 0.25) is 0 Å². The molecule has 2 aromatic heterocycles. The van der Waals surface area contributed by atoms with Crippen LogP contribution in [0.1, 0.15) is 6.42 Å². The quantitative estimate of drug-likeness (QED) is 0.837. The molecule has 0 unspecified atom stereocenters. The number of nitrogens with two attached hydrogens (primary N) is 1. The summed E-state index contributed by atoms with van der Waals surface area (Å²) in [5, 5.41) is 4.27. The summed E-state index contributed by atoms with van der Waals surface area (Å²) in [5.74, 6) is 0. The lowest BCUT2D eigenvalue weighted by atomic mass is 10.2. The summed E-state index contributed by atoms with van der Waals surface area (Å²) in [4.78, 5) is 15.7. The van der Waals surface area contributed by atoms with E-state index in [9.17, 15) is 4.79 Å². The minimum absolute atomic E-state index is 0.113. The lowest BCUT2D eigenvalue weighted by molar-refractivity contribution is 0.556. The van der Waals surface area contributed by atoms with Crippen LogP contribution in [0, 0.1) is 0 Å². The maximum Gasteiger partial charge on any atom is 0.266 e. The molecule has 2 heterocycles. The van der Waals surface area contributed by atoms with Gasteiger partial charge in [-0.3, -0.25) is 9.78 Å². The maximum absolute atomic E-state index is 11.5. The third-order valence-electron chi connectivity index (χ3n) is 2.37. The van der Waals surface area contributed by atoms with Crippen molar-refractivity contribution in [1.29, 1.82) is 0 Å². The van der Waals surface area contributed by atoms with Gasteiger partial charge in [0.1, 0.15) is 5.69 Å². The second kappa shape index (κ2) is 5.36. The fourth-order valence-electron chi connectivity index (χ4n) is 1.50. The Kier molecular flexibility index (Phi) is 3.62. The Morgan fingerprint density at radius 3 is 2.76 bits per heavy atom.